The SMILES string of the molecule is C#CC.CC(=O)C(NCCOc1ccccc1/C=C/CNC=O)C1CCCCC1.CCNC(=O)C(C)C(C)(C)O.Cc1ccc(Cl)cc1. The zero-order valence-electron chi connectivity index (χ0n) is 30.0. The Labute approximate surface area is 294 Å². The Morgan fingerprint density at radius 3 is 2.25 bits per heavy atom. The summed E-state index contributed by atoms with van der Waals surface area (Å²) in [6, 6.07) is 15.5. The second-order valence-electron chi connectivity index (χ2n) is 12.1. The highest BCUT2D eigenvalue weighted by Gasteiger charge is 2.28. The van der Waals surface area contributed by atoms with Gasteiger partial charge in [0.2, 0.25) is 12.3 Å². The maximum Gasteiger partial charge on any atom is 0.225 e. The van der Waals surface area contributed by atoms with Gasteiger partial charge in [-0.15, -0.1) is 12.3 Å². The number of Topliss-reactive ketones (excluding diaryl/α,β-unsaturated/α-hetero) is 1. The van der Waals surface area contributed by atoms with Crippen LogP contribution in [0.15, 0.2) is 54.6 Å². The minimum Gasteiger partial charge on any atom is -0.492 e. The summed E-state index contributed by atoms with van der Waals surface area (Å²) in [6.07, 6.45) is 15.1. The quantitative estimate of drug-likeness (QED) is 0.0993. The lowest BCUT2D eigenvalue weighted by Crippen LogP contribution is -2.44. The summed E-state index contributed by atoms with van der Waals surface area (Å²) in [6.45, 7) is 14.5. The van der Waals surface area contributed by atoms with E-state index in [1.54, 1.807) is 34.6 Å². The molecule has 266 valence electrons. The van der Waals surface area contributed by atoms with Crippen LogP contribution in [0.2, 0.25) is 5.02 Å². The second kappa shape index (κ2) is 26.3. The number of carbonyl (C=O) groups is 3. The first-order valence-electron chi connectivity index (χ1n) is 16.7. The highest BCUT2D eigenvalue weighted by atomic mass is 35.5. The zero-order chi connectivity index (χ0) is 36.4. The van der Waals surface area contributed by atoms with Crippen molar-refractivity contribution < 1.29 is 24.2 Å². The monoisotopic (exact) mass is 683 g/mol. The Morgan fingerprint density at radius 1 is 1.12 bits per heavy atom. The summed E-state index contributed by atoms with van der Waals surface area (Å²) in [4.78, 5) is 33.4. The summed E-state index contributed by atoms with van der Waals surface area (Å²) in [5.41, 5.74) is 1.28. The van der Waals surface area contributed by atoms with Gasteiger partial charge in [0.1, 0.15) is 18.1 Å². The molecule has 2 aromatic carbocycles. The van der Waals surface area contributed by atoms with Gasteiger partial charge in [-0.05, 0) is 78.5 Å². The van der Waals surface area contributed by atoms with Gasteiger partial charge in [0.05, 0.1) is 17.6 Å². The average molecular weight is 684 g/mol. The molecule has 0 saturated heterocycles. The number of amides is 2. The maximum absolute atomic E-state index is 12.0. The summed E-state index contributed by atoms with van der Waals surface area (Å²) < 4.78 is 5.90. The maximum atomic E-state index is 12.0. The van der Waals surface area contributed by atoms with E-state index in [2.05, 4.69) is 28.3 Å². The molecule has 0 heterocycles. The van der Waals surface area contributed by atoms with Crippen molar-refractivity contribution in [2.24, 2.45) is 11.8 Å². The summed E-state index contributed by atoms with van der Waals surface area (Å²) in [7, 11) is 0. The molecule has 3 rings (SSSR count). The number of carbonyl (C=O) groups excluding carboxylic acids is 3. The third-order valence-corrected chi connectivity index (χ3v) is 7.89. The number of ether oxygens (including phenoxy) is 1. The summed E-state index contributed by atoms with van der Waals surface area (Å²) in [5, 5.41) is 18.9. The van der Waals surface area contributed by atoms with Crippen molar-refractivity contribution in [2.45, 2.75) is 92.2 Å². The van der Waals surface area contributed by atoms with Gasteiger partial charge < -0.3 is 25.8 Å². The van der Waals surface area contributed by atoms with Crippen LogP contribution in [0.5, 0.6) is 5.75 Å². The van der Waals surface area contributed by atoms with E-state index in [0.717, 1.165) is 29.2 Å². The molecule has 2 aromatic rings. The van der Waals surface area contributed by atoms with Crippen LogP contribution in [-0.2, 0) is 14.4 Å². The highest BCUT2D eigenvalue weighted by molar-refractivity contribution is 6.30. The lowest BCUT2D eigenvalue weighted by molar-refractivity contribution is -0.131. The molecule has 8 nitrogen and oxygen atoms in total. The van der Waals surface area contributed by atoms with Crippen LogP contribution in [0.25, 0.3) is 6.08 Å². The van der Waals surface area contributed by atoms with Gasteiger partial charge in [-0.3, -0.25) is 14.4 Å². The van der Waals surface area contributed by atoms with Crippen molar-refractivity contribution in [3.8, 4) is 18.1 Å². The van der Waals surface area contributed by atoms with E-state index in [-0.39, 0.29) is 23.7 Å². The highest BCUT2D eigenvalue weighted by Crippen LogP contribution is 2.27. The zero-order valence-corrected chi connectivity index (χ0v) is 30.7. The fourth-order valence-corrected chi connectivity index (χ4v) is 4.84. The van der Waals surface area contributed by atoms with E-state index in [1.807, 2.05) is 74.5 Å². The fraction of sp³-hybridized carbons (Fsp3) is 0.513. The van der Waals surface area contributed by atoms with Crippen molar-refractivity contribution in [3.63, 3.8) is 0 Å². The Balaban J connectivity index is 0.000000819. The van der Waals surface area contributed by atoms with Crippen molar-refractivity contribution in [1.29, 1.82) is 0 Å². The van der Waals surface area contributed by atoms with Gasteiger partial charge in [0.25, 0.3) is 0 Å². The first-order valence-corrected chi connectivity index (χ1v) is 17.1. The van der Waals surface area contributed by atoms with Crippen molar-refractivity contribution >= 4 is 35.8 Å². The fourth-order valence-electron chi connectivity index (χ4n) is 4.72. The Kier molecular flexibility index (Phi) is 24.3. The Morgan fingerprint density at radius 2 is 1.73 bits per heavy atom. The van der Waals surface area contributed by atoms with Gasteiger partial charge in [-0.1, -0.05) is 85.8 Å². The molecule has 9 heteroatoms. The lowest BCUT2D eigenvalue weighted by atomic mass is 9.82. The third kappa shape index (κ3) is 20.6. The third-order valence-electron chi connectivity index (χ3n) is 7.63. The number of nitrogens with one attached hydrogen (secondary N) is 3. The molecule has 0 radical (unpaired) electrons. The molecule has 1 saturated carbocycles. The van der Waals surface area contributed by atoms with E-state index in [9.17, 15) is 19.5 Å². The molecule has 1 aliphatic rings. The lowest BCUT2D eigenvalue weighted by Gasteiger charge is -2.29. The molecule has 0 aromatic heterocycles. The first-order chi connectivity index (χ1) is 22.8. The topological polar surface area (TPSA) is 117 Å². The van der Waals surface area contributed by atoms with Crippen LogP contribution in [0.1, 0.15) is 84.8 Å². The minimum absolute atomic E-state index is 0.0524. The van der Waals surface area contributed by atoms with Gasteiger partial charge in [-0.2, -0.15) is 0 Å². The molecular formula is C39H58ClN3O5. The van der Waals surface area contributed by atoms with Gasteiger partial charge in [0.15, 0.2) is 0 Å². The number of rotatable bonds is 14. The van der Waals surface area contributed by atoms with Crippen molar-refractivity contribution in [2.75, 3.05) is 26.2 Å². The number of hydrogen-bond acceptors (Lipinski definition) is 6. The van der Waals surface area contributed by atoms with Crippen molar-refractivity contribution in [3.05, 3.63) is 70.8 Å². The number of ketones is 1. The molecular weight excluding hydrogens is 626 g/mol. The molecule has 4 N–H and O–H groups in total. The van der Waals surface area contributed by atoms with Crippen LogP contribution < -0.4 is 20.7 Å². The molecule has 0 spiro atoms. The largest absolute Gasteiger partial charge is 0.492 e. The van der Waals surface area contributed by atoms with Crippen molar-refractivity contribution in [1.82, 2.24) is 16.0 Å². The Hall–Kier alpha value is -3.64. The van der Waals surface area contributed by atoms with Gasteiger partial charge >= 0.3 is 0 Å². The second-order valence-corrected chi connectivity index (χ2v) is 12.5. The van der Waals surface area contributed by atoms with Crippen LogP contribution in [0.3, 0.4) is 0 Å². The van der Waals surface area contributed by atoms with Crippen LogP contribution in [0.4, 0.5) is 0 Å². The molecule has 0 bridgehead atoms. The molecule has 2 atom stereocenters. The van der Waals surface area contributed by atoms with Crippen LogP contribution in [-0.4, -0.2) is 61.1 Å². The van der Waals surface area contributed by atoms with E-state index in [1.165, 1.54) is 24.8 Å². The summed E-state index contributed by atoms with van der Waals surface area (Å²) in [5.74, 6) is 3.28. The Bertz CT molecular complexity index is 1220. The normalized spacial score (nSPS) is 13.8. The van der Waals surface area contributed by atoms with Crippen LogP contribution >= 0.6 is 11.6 Å². The van der Waals surface area contributed by atoms with E-state index in [4.69, 9.17) is 16.3 Å². The minimum atomic E-state index is -0.931. The predicted molar refractivity (Wildman–Crippen MR) is 199 cm³/mol. The van der Waals surface area contributed by atoms with E-state index >= 15 is 0 Å². The molecule has 1 fully saturated rings. The standard InChI is InChI=1S/C21H30N2O3.C8H17NO2.C7H7Cl.C3H4/c1-17(25)21(19-9-3-2-4-10-19)23-14-15-26-20-12-6-5-8-18(20)11-7-13-22-16-24;1-5-9-7(10)6(2)8(3,4)11;1-6-2-4-7(8)5-3-6;1-3-2/h5-8,11-12,16,19,21,23H,2-4,9-10,13-15H2,1H3,(H,22,24);6,11H,5H2,1-4H3,(H,9,10);2-5H,1H3;1H,2H3/b11-7+;;;. The van der Waals surface area contributed by atoms with Crippen LogP contribution in [0, 0.1) is 31.1 Å². The smallest absolute Gasteiger partial charge is 0.225 e. The summed E-state index contributed by atoms with van der Waals surface area (Å²) >= 11 is 5.61. The van der Waals surface area contributed by atoms with Gasteiger partial charge in [0, 0.05) is 30.2 Å². The van der Waals surface area contributed by atoms with E-state index < -0.39 is 5.60 Å². The predicted octanol–water partition coefficient (Wildman–Crippen LogP) is 6.77. The number of aliphatic hydroxyl groups is 1. The average Bonchev–Trinajstić information content (AvgIpc) is 3.05. The number of para-hydroxylation sites is 1. The number of terminal acetylenes is 1. The molecule has 2 unspecified atom stereocenters. The number of halogens is 1. The molecule has 48 heavy (non-hydrogen) atoms. The molecule has 2 amide bonds. The number of hydrogen-bond donors (Lipinski definition) is 4. The number of benzene rings is 2. The molecule has 0 aliphatic heterocycles. The first kappa shape index (κ1) is 44.4. The van der Waals surface area contributed by atoms with E-state index in [0.29, 0.717) is 38.6 Å². The van der Waals surface area contributed by atoms with Gasteiger partial charge in [-0.25, -0.2) is 0 Å². The molecule has 1 aliphatic carbocycles. The number of aryl methyl sites for hydroxylation is 1.